The number of carbonyl (C=O) groups excluding carboxylic acids is 2. The number of benzene rings is 2. The van der Waals surface area contributed by atoms with Crippen LogP contribution in [0.3, 0.4) is 0 Å². The molecule has 1 unspecified atom stereocenters. The van der Waals surface area contributed by atoms with E-state index >= 15 is 0 Å². The van der Waals surface area contributed by atoms with Gasteiger partial charge in [-0.25, -0.2) is 0 Å². The smallest absolute Gasteiger partial charge is 0.315 e. The van der Waals surface area contributed by atoms with Crippen molar-refractivity contribution in [2.45, 2.75) is 51.6 Å². The predicted molar refractivity (Wildman–Crippen MR) is 138 cm³/mol. The molecular weight excluding hydrogens is 526 g/mol. The van der Waals surface area contributed by atoms with Gasteiger partial charge in [0.15, 0.2) is 17.3 Å². The lowest BCUT2D eigenvalue weighted by atomic mass is 9.69. The molecule has 7 nitrogen and oxygen atoms in total. The number of ketones is 1. The van der Waals surface area contributed by atoms with Gasteiger partial charge in [-0.2, -0.15) is 0 Å². The zero-order valence-electron chi connectivity index (χ0n) is 20.7. The number of aliphatic imine (C=N–C) groups is 1. The molecule has 0 fully saturated rings. The summed E-state index contributed by atoms with van der Waals surface area (Å²) in [4.78, 5) is 32.0. The molecule has 0 saturated carbocycles. The van der Waals surface area contributed by atoms with E-state index < -0.39 is 17.8 Å². The van der Waals surface area contributed by atoms with Crippen LogP contribution in [-0.4, -0.2) is 37.5 Å². The molecule has 2 aromatic rings. The van der Waals surface area contributed by atoms with E-state index in [1.54, 1.807) is 7.11 Å². The van der Waals surface area contributed by atoms with Crippen LogP contribution in [-0.2, 0) is 14.3 Å². The Morgan fingerprint density at radius 3 is 2.47 bits per heavy atom. The summed E-state index contributed by atoms with van der Waals surface area (Å²) in [6.45, 7) is 5.60. The molecule has 0 saturated heterocycles. The molecular formula is C28H28BrNO6. The van der Waals surface area contributed by atoms with Gasteiger partial charge in [0, 0.05) is 33.8 Å². The summed E-state index contributed by atoms with van der Waals surface area (Å²) < 4.78 is 22.8. The number of methoxy groups -OCH3 is 1. The van der Waals surface area contributed by atoms with Gasteiger partial charge < -0.3 is 18.9 Å². The molecule has 8 heteroatoms. The average Bonchev–Trinajstić information content (AvgIpc) is 3.29. The second kappa shape index (κ2) is 9.73. The Morgan fingerprint density at radius 1 is 1.11 bits per heavy atom. The number of rotatable bonds is 5. The van der Waals surface area contributed by atoms with Crippen LogP contribution in [0.1, 0.15) is 56.6 Å². The molecule has 5 rings (SSSR count). The molecule has 0 radical (unpaired) electrons. The molecule has 0 aromatic heterocycles. The van der Waals surface area contributed by atoms with Gasteiger partial charge in [0.1, 0.15) is 11.7 Å². The highest BCUT2D eigenvalue weighted by Gasteiger charge is 2.46. The van der Waals surface area contributed by atoms with E-state index in [9.17, 15) is 9.59 Å². The zero-order chi connectivity index (χ0) is 25.6. The lowest BCUT2D eigenvalue weighted by Gasteiger charge is -2.37. The molecule has 2 aromatic carbocycles. The summed E-state index contributed by atoms with van der Waals surface area (Å²) in [5.74, 6) is 0.317. The fourth-order valence-corrected chi connectivity index (χ4v) is 5.86. The number of allylic oxidation sites excluding steroid dienone is 2. The van der Waals surface area contributed by atoms with E-state index in [-0.39, 0.29) is 24.6 Å². The normalized spacial score (nSPS) is 22.9. The molecule has 3 aliphatic rings. The van der Waals surface area contributed by atoms with Crippen molar-refractivity contribution in [3.8, 4) is 17.2 Å². The number of fused-ring (bicyclic) bond motifs is 1. The van der Waals surface area contributed by atoms with E-state index in [0.29, 0.717) is 35.6 Å². The van der Waals surface area contributed by atoms with Crippen LogP contribution in [0, 0.1) is 5.92 Å². The fraction of sp³-hybridized carbons (Fsp3) is 0.393. The number of nitrogens with zero attached hydrogens (tertiary/aromatic N) is 1. The lowest BCUT2D eigenvalue weighted by Crippen LogP contribution is -2.39. The maximum Gasteiger partial charge on any atom is 0.315 e. The first kappa shape index (κ1) is 24.6. The maximum absolute atomic E-state index is 13.8. The Labute approximate surface area is 218 Å². The molecule has 2 aliphatic heterocycles. The second-order valence-electron chi connectivity index (χ2n) is 9.58. The maximum atomic E-state index is 13.8. The highest BCUT2D eigenvalue weighted by atomic mass is 79.9. The summed E-state index contributed by atoms with van der Waals surface area (Å²) in [6.07, 6.45) is 0.655. The van der Waals surface area contributed by atoms with Crippen molar-refractivity contribution in [3.63, 3.8) is 0 Å². The van der Waals surface area contributed by atoms with Gasteiger partial charge in [-0.1, -0.05) is 28.1 Å². The molecule has 1 aliphatic carbocycles. The average molecular weight is 554 g/mol. The van der Waals surface area contributed by atoms with Gasteiger partial charge in [-0.05, 0) is 68.5 Å². The standard InChI is InChI=1S/C28H28BrNO6/c1-14(2)36-28(32)25-15(3)30-21-9-17(16-5-7-18(33-4)8-6-16)10-22(31)27(21)26(25)19-11-23-24(12-20(19)29)35-13-34-23/h5-8,11-12,14,17,25-26H,9-10,13H2,1-4H3/t17-,25?,26-/m0/s1. The SMILES string of the molecule is COc1ccc([C@@H]2CC(=O)C3=C(C2)N=C(C)C(C(=O)OC(C)C)[C@@H]3c2cc3c(cc2Br)OCO3)cc1. The summed E-state index contributed by atoms with van der Waals surface area (Å²) >= 11 is 3.66. The first-order valence-corrected chi connectivity index (χ1v) is 12.8. The monoisotopic (exact) mass is 553 g/mol. The predicted octanol–water partition coefficient (Wildman–Crippen LogP) is 5.71. The van der Waals surface area contributed by atoms with Crippen molar-refractivity contribution in [2.24, 2.45) is 10.9 Å². The molecule has 0 bridgehead atoms. The summed E-state index contributed by atoms with van der Waals surface area (Å²) in [5.41, 5.74) is 3.79. The van der Waals surface area contributed by atoms with Gasteiger partial charge >= 0.3 is 5.97 Å². The van der Waals surface area contributed by atoms with Gasteiger partial charge in [0.05, 0.1) is 13.2 Å². The molecule has 0 N–H and O–H groups in total. The van der Waals surface area contributed by atoms with Gasteiger partial charge in [-0.15, -0.1) is 0 Å². The van der Waals surface area contributed by atoms with E-state index in [1.165, 1.54) is 0 Å². The minimum atomic E-state index is -0.718. The van der Waals surface area contributed by atoms with Crippen LogP contribution < -0.4 is 14.2 Å². The van der Waals surface area contributed by atoms with Crippen LogP contribution in [0.4, 0.5) is 0 Å². The highest BCUT2D eigenvalue weighted by molar-refractivity contribution is 9.10. The van der Waals surface area contributed by atoms with Gasteiger partial charge in [0.2, 0.25) is 6.79 Å². The Kier molecular flexibility index (Phi) is 6.64. The van der Waals surface area contributed by atoms with E-state index in [0.717, 1.165) is 27.0 Å². The summed E-state index contributed by atoms with van der Waals surface area (Å²) in [7, 11) is 1.63. The van der Waals surface area contributed by atoms with Crippen LogP contribution in [0.15, 0.2) is 57.1 Å². The first-order valence-electron chi connectivity index (χ1n) is 12.0. The van der Waals surface area contributed by atoms with E-state index in [1.807, 2.05) is 57.2 Å². The molecule has 3 atom stereocenters. The first-order chi connectivity index (χ1) is 17.3. The van der Waals surface area contributed by atoms with Gasteiger partial charge in [-0.3, -0.25) is 14.6 Å². The van der Waals surface area contributed by atoms with Crippen molar-refractivity contribution in [1.82, 2.24) is 0 Å². The number of halogens is 1. The summed E-state index contributed by atoms with van der Waals surface area (Å²) in [6, 6.07) is 11.5. The van der Waals surface area contributed by atoms with Gasteiger partial charge in [0.25, 0.3) is 0 Å². The van der Waals surface area contributed by atoms with Crippen molar-refractivity contribution < 1.29 is 28.5 Å². The molecule has 0 amide bonds. The number of ether oxygens (including phenoxy) is 4. The third-order valence-corrected chi connectivity index (χ3v) is 7.60. The Bertz CT molecular complexity index is 1280. The molecule has 36 heavy (non-hydrogen) atoms. The Hall–Kier alpha value is -3.13. The van der Waals surface area contributed by atoms with Crippen LogP contribution in [0.2, 0.25) is 0 Å². The third-order valence-electron chi connectivity index (χ3n) is 6.91. The van der Waals surface area contributed by atoms with Crippen molar-refractivity contribution in [3.05, 3.63) is 63.3 Å². The van der Waals surface area contributed by atoms with E-state index in [4.69, 9.17) is 23.9 Å². The van der Waals surface area contributed by atoms with Crippen molar-refractivity contribution in [1.29, 1.82) is 0 Å². The number of Topliss-reactive ketones (excluding diaryl/α,β-unsaturated/α-hetero) is 1. The largest absolute Gasteiger partial charge is 0.497 e. The molecule has 0 spiro atoms. The minimum absolute atomic E-state index is 0.00119. The van der Waals surface area contributed by atoms with Crippen molar-refractivity contribution in [2.75, 3.05) is 13.9 Å². The lowest BCUT2D eigenvalue weighted by molar-refractivity contribution is -0.150. The van der Waals surface area contributed by atoms with E-state index in [2.05, 4.69) is 15.9 Å². The molecule has 188 valence electrons. The fourth-order valence-electron chi connectivity index (χ4n) is 5.29. The quantitative estimate of drug-likeness (QED) is 0.441. The van der Waals surface area contributed by atoms with Crippen molar-refractivity contribution >= 4 is 33.4 Å². The summed E-state index contributed by atoms with van der Waals surface area (Å²) in [5, 5.41) is 0. The Morgan fingerprint density at radius 2 is 1.81 bits per heavy atom. The number of carbonyl (C=O) groups is 2. The topological polar surface area (TPSA) is 83.4 Å². The molecule has 2 heterocycles. The third kappa shape index (κ3) is 4.43. The minimum Gasteiger partial charge on any atom is -0.497 e. The highest BCUT2D eigenvalue weighted by Crippen LogP contribution is 2.50. The number of esters is 1. The van der Waals surface area contributed by atoms with Crippen LogP contribution in [0.25, 0.3) is 0 Å². The number of hydrogen-bond donors (Lipinski definition) is 0. The van der Waals surface area contributed by atoms with Crippen LogP contribution >= 0.6 is 15.9 Å². The number of hydrogen-bond acceptors (Lipinski definition) is 7. The second-order valence-corrected chi connectivity index (χ2v) is 10.4. The zero-order valence-corrected chi connectivity index (χ0v) is 22.3. The Balaban J connectivity index is 1.60. The van der Waals surface area contributed by atoms with Crippen LogP contribution in [0.5, 0.6) is 17.2 Å².